The summed E-state index contributed by atoms with van der Waals surface area (Å²) in [6.07, 6.45) is 0. The molecule has 3 rings (SSSR count). The van der Waals surface area contributed by atoms with Gasteiger partial charge < -0.3 is 0 Å². The van der Waals surface area contributed by atoms with E-state index in [1.54, 1.807) is 0 Å². The van der Waals surface area contributed by atoms with E-state index in [9.17, 15) is 0 Å². The molecule has 0 amide bonds. The van der Waals surface area contributed by atoms with Gasteiger partial charge in [-0.1, -0.05) is 83.7 Å². The Morgan fingerprint density at radius 3 is 1.91 bits per heavy atom. The quantitative estimate of drug-likeness (QED) is 0.442. The van der Waals surface area contributed by atoms with Crippen molar-refractivity contribution in [3.63, 3.8) is 0 Å². The molecule has 7 heteroatoms. The molecule has 0 nitrogen and oxygen atoms in total. The van der Waals surface area contributed by atoms with Crippen LogP contribution in [-0.2, 0) is 0 Å². The number of allylic oxidation sites excluding steroid dienone is 2. The molecule has 1 saturated carbocycles. The average Bonchev–Trinajstić information content (AvgIpc) is 2.68. The Bertz CT molecular complexity index is 641. The SMILES string of the molecule is CC(c1ccccc1)C1C(Cl)C2(Cl)C(Cl)=C(Cl)C1(Cl)C2(Cl)Cl. The molecule has 0 radical (unpaired) electrons. The van der Waals surface area contributed by atoms with E-state index in [-0.39, 0.29) is 21.9 Å². The van der Waals surface area contributed by atoms with Gasteiger partial charge in [-0.25, -0.2) is 0 Å². The lowest BCUT2D eigenvalue weighted by Gasteiger charge is -2.38. The lowest BCUT2D eigenvalue weighted by atomic mass is 9.78. The van der Waals surface area contributed by atoms with Crippen LogP contribution in [0.4, 0.5) is 0 Å². The molecule has 0 saturated heterocycles. The summed E-state index contributed by atoms with van der Waals surface area (Å²) in [5, 5.41) is -0.347. The van der Waals surface area contributed by atoms with Crippen molar-refractivity contribution in [3.05, 3.63) is 46.0 Å². The van der Waals surface area contributed by atoms with Crippen LogP contribution in [-0.4, -0.2) is 19.5 Å². The zero-order valence-electron chi connectivity index (χ0n) is 11.3. The van der Waals surface area contributed by atoms with Gasteiger partial charge in [-0.15, -0.1) is 34.8 Å². The number of alkyl halides is 5. The molecule has 2 aliphatic carbocycles. The minimum absolute atomic E-state index is 0.0581. The second-order valence-electron chi connectivity index (χ2n) is 5.75. The molecule has 0 N–H and O–H groups in total. The summed E-state index contributed by atoms with van der Waals surface area (Å²) in [6.45, 7) is 2.00. The van der Waals surface area contributed by atoms with Crippen LogP contribution in [0.3, 0.4) is 0 Å². The predicted molar refractivity (Wildman–Crippen MR) is 98.3 cm³/mol. The summed E-state index contributed by atoms with van der Waals surface area (Å²) in [5.41, 5.74) is 1.05. The van der Waals surface area contributed by atoms with Crippen molar-refractivity contribution in [2.24, 2.45) is 5.92 Å². The van der Waals surface area contributed by atoms with Gasteiger partial charge in [-0.3, -0.25) is 0 Å². The van der Waals surface area contributed by atoms with Gasteiger partial charge in [0.25, 0.3) is 0 Å². The standard InChI is InChI=1S/C15H11Cl7/c1-7(8-5-3-2-4-6-8)9-10(16)14(20)12(18)11(17)13(9,19)15(14,21)22/h2-7,9-10H,1H3. The first-order chi connectivity index (χ1) is 10.1. The molecule has 5 atom stereocenters. The molecule has 1 aromatic rings. The third-order valence-corrected chi connectivity index (χ3v) is 9.75. The second kappa shape index (κ2) is 5.49. The monoisotopic (exact) mass is 436 g/mol. The minimum atomic E-state index is -1.60. The van der Waals surface area contributed by atoms with E-state index < -0.39 is 19.5 Å². The maximum Gasteiger partial charge on any atom is 0.168 e. The van der Waals surface area contributed by atoms with Crippen molar-refractivity contribution in [1.29, 1.82) is 0 Å². The molecule has 2 bridgehead atoms. The molecule has 5 unspecified atom stereocenters. The second-order valence-corrected chi connectivity index (χ2v) is 9.50. The topological polar surface area (TPSA) is 0 Å². The van der Waals surface area contributed by atoms with E-state index in [2.05, 4.69) is 0 Å². The minimum Gasteiger partial charge on any atom is -0.120 e. The van der Waals surface area contributed by atoms with Gasteiger partial charge >= 0.3 is 0 Å². The van der Waals surface area contributed by atoms with Gasteiger partial charge in [0.15, 0.2) is 4.33 Å². The maximum absolute atomic E-state index is 6.82. The number of hydrogen-bond acceptors (Lipinski definition) is 0. The van der Waals surface area contributed by atoms with E-state index in [0.29, 0.717) is 0 Å². The van der Waals surface area contributed by atoms with Gasteiger partial charge in [0.2, 0.25) is 0 Å². The van der Waals surface area contributed by atoms with Crippen molar-refractivity contribution in [2.45, 2.75) is 32.3 Å². The van der Waals surface area contributed by atoms with Crippen molar-refractivity contribution in [1.82, 2.24) is 0 Å². The Morgan fingerprint density at radius 2 is 1.41 bits per heavy atom. The average molecular weight is 439 g/mol. The first-order valence-electron chi connectivity index (χ1n) is 6.62. The van der Waals surface area contributed by atoms with E-state index >= 15 is 0 Å². The molecule has 1 aromatic carbocycles. The van der Waals surface area contributed by atoms with Crippen LogP contribution in [0, 0.1) is 5.92 Å². The highest BCUT2D eigenvalue weighted by Gasteiger charge is 2.82. The molecule has 1 fully saturated rings. The number of halogens is 7. The van der Waals surface area contributed by atoms with Gasteiger partial charge in [-0.2, -0.15) is 0 Å². The largest absolute Gasteiger partial charge is 0.168 e. The Hall–Kier alpha value is 0.990. The van der Waals surface area contributed by atoms with Crippen LogP contribution in [0.25, 0.3) is 0 Å². The summed E-state index contributed by atoms with van der Waals surface area (Å²) in [6, 6.07) is 9.80. The van der Waals surface area contributed by atoms with E-state index in [0.717, 1.165) is 5.56 Å². The molecule has 2 aliphatic rings. The highest BCUT2D eigenvalue weighted by atomic mass is 35.5. The summed E-state index contributed by atoms with van der Waals surface area (Å²) in [4.78, 5) is -2.75. The normalized spacial score (nSPS) is 41.1. The van der Waals surface area contributed by atoms with Crippen molar-refractivity contribution in [3.8, 4) is 0 Å². The predicted octanol–water partition coefficient (Wildman–Crippen LogP) is 6.86. The molecule has 22 heavy (non-hydrogen) atoms. The first kappa shape index (κ1) is 17.8. The lowest BCUT2D eigenvalue weighted by Crippen LogP contribution is -2.45. The Morgan fingerprint density at radius 1 is 0.909 bits per heavy atom. The molecule has 0 spiro atoms. The van der Waals surface area contributed by atoms with Crippen LogP contribution in [0.5, 0.6) is 0 Å². The Labute approximate surface area is 164 Å². The first-order valence-corrected chi connectivity index (χ1v) is 9.33. The van der Waals surface area contributed by atoms with Gasteiger partial charge in [-0.05, 0) is 11.5 Å². The van der Waals surface area contributed by atoms with Crippen molar-refractivity contribution < 1.29 is 0 Å². The van der Waals surface area contributed by atoms with E-state index in [4.69, 9.17) is 81.2 Å². The van der Waals surface area contributed by atoms with Crippen LogP contribution >= 0.6 is 81.2 Å². The molecule has 0 heterocycles. The fourth-order valence-corrected chi connectivity index (χ4v) is 7.40. The van der Waals surface area contributed by atoms with Crippen LogP contribution in [0.15, 0.2) is 40.4 Å². The van der Waals surface area contributed by atoms with Crippen LogP contribution < -0.4 is 0 Å². The summed E-state index contributed by atoms with van der Waals surface area (Å²) in [5.74, 6) is -0.432. The van der Waals surface area contributed by atoms with Crippen molar-refractivity contribution >= 4 is 81.2 Å². The highest BCUT2D eigenvalue weighted by Crippen LogP contribution is 2.76. The van der Waals surface area contributed by atoms with E-state index in [1.165, 1.54) is 0 Å². The molecular formula is C15H11Cl7. The zero-order chi connectivity index (χ0) is 16.5. The fraction of sp³-hybridized carbons (Fsp3) is 0.467. The Balaban J connectivity index is 2.16. The molecule has 0 aromatic heterocycles. The number of benzene rings is 1. The smallest absolute Gasteiger partial charge is 0.120 e. The highest BCUT2D eigenvalue weighted by molar-refractivity contribution is 6.67. The van der Waals surface area contributed by atoms with Crippen LogP contribution in [0.2, 0.25) is 0 Å². The van der Waals surface area contributed by atoms with Gasteiger partial charge in [0, 0.05) is 5.92 Å². The third kappa shape index (κ3) is 1.87. The number of fused-ring (bicyclic) bond motifs is 2. The zero-order valence-corrected chi connectivity index (χ0v) is 16.6. The summed E-state index contributed by atoms with van der Waals surface area (Å²) in [7, 11) is 0. The molecule has 120 valence electrons. The third-order valence-electron chi connectivity index (χ3n) is 4.76. The number of hydrogen-bond donors (Lipinski definition) is 0. The van der Waals surface area contributed by atoms with Gasteiger partial charge in [0.05, 0.1) is 15.4 Å². The maximum atomic E-state index is 6.82. The summed E-state index contributed by atoms with van der Waals surface area (Å²) >= 11 is 45.8. The molecule has 0 aliphatic heterocycles. The van der Waals surface area contributed by atoms with Crippen molar-refractivity contribution in [2.75, 3.05) is 0 Å². The van der Waals surface area contributed by atoms with Crippen LogP contribution in [0.1, 0.15) is 18.4 Å². The van der Waals surface area contributed by atoms with E-state index in [1.807, 2.05) is 37.3 Å². The van der Waals surface area contributed by atoms with Gasteiger partial charge in [0.1, 0.15) is 9.75 Å². The lowest BCUT2D eigenvalue weighted by molar-refractivity contribution is 0.402. The Kier molecular flexibility index (Phi) is 4.45. The fourth-order valence-electron chi connectivity index (χ4n) is 3.52. The molecular weight excluding hydrogens is 428 g/mol. The number of rotatable bonds is 2. The summed E-state index contributed by atoms with van der Waals surface area (Å²) < 4.78 is -1.60.